The van der Waals surface area contributed by atoms with Crippen molar-refractivity contribution >= 4 is 50.7 Å². The quantitative estimate of drug-likeness (QED) is 0.845. The molecule has 1 aliphatic heterocycles. The third-order valence-corrected chi connectivity index (χ3v) is 5.86. The highest BCUT2D eigenvalue weighted by Crippen LogP contribution is 2.47. The van der Waals surface area contributed by atoms with Gasteiger partial charge in [0.05, 0.1) is 12.0 Å². The molecule has 2 atom stereocenters. The second kappa shape index (κ2) is 5.31. The molecule has 0 radical (unpaired) electrons. The van der Waals surface area contributed by atoms with Crippen LogP contribution in [0.4, 0.5) is 0 Å². The number of hydrogen-bond acceptors (Lipinski definition) is 3. The average molecular weight is 381 g/mol. The summed E-state index contributed by atoms with van der Waals surface area (Å²) < 4.78 is 1.30. The van der Waals surface area contributed by atoms with Gasteiger partial charge in [-0.25, -0.2) is 0 Å². The van der Waals surface area contributed by atoms with E-state index in [2.05, 4.69) is 15.9 Å². The van der Waals surface area contributed by atoms with Crippen molar-refractivity contribution in [3.05, 3.63) is 19.8 Å². The smallest absolute Gasteiger partial charge is 0.309 e. The van der Waals surface area contributed by atoms with Crippen molar-refractivity contribution < 1.29 is 14.7 Å². The van der Waals surface area contributed by atoms with Gasteiger partial charge in [0.1, 0.15) is 4.34 Å². The van der Waals surface area contributed by atoms with Crippen LogP contribution in [0.25, 0.3) is 0 Å². The maximum Gasteiger partial charge on any atom is 0.309 e. The fourth-order valence-corrected chi connectivity index (χ4v) is 4.47. The van der Waals surface area contributed by atoms with E-state index in [4.69, 9.17) is 11.6 Å². The van der Waals surface area contributed by atoms with Crippen molar-refractivity contribution in [3.63, 3.8) is 0 Å². The SMILES string of the molecule is CC(C)(C)N1C(=O)CC(C(=O)O)C1c1cc(Br)c(Cl)s1. The second-order valence-electron chi connectivity index (χ2n) is 5.80. The number of thiophene rings is 1. The Kier molecular flexibility index (Phi) is 4.19. The summed E-state index contributed by atoms with van der Waals surface area (Å²) in [6, 6.07) is 1.35. The summed E-state index contributed by atoms with van der Waals surface area (Å²) in [6.45, 7) is 5.73. The zero-order valence-electron chi connectivity index (χ0n) is 11.3. The molecule has 1 saturated heterocycles. The number of carboxylic acid groups (broad SMARTS) is 1. The van der Waals surface area contributed by atoms with Crippen LogP contribution >= 0.6 is 38.9 Å². The van der Waals surface area contributed by atoms with Crippen LogP contribution in [0, 0.1) is 5.92 Å². The van der Waals surface area contributed by atoms with Gasteiger partial charge in [-0.1, -0.05) is 11.6 Å². The maximum atomic E-state index is 12.2. The number of aliphatic carboxylic acids is 1. The Labute approximate surface area is 134 Å². The number of amides is 1. The summed E-state index contributed by atoms with van der Waals surface area (Å²) in [4.78, 5) is 26.2. The number of likely N-dealkylation sites (tertiary alicyclic amines) is 1. The largest absolute Gasteiger partial charge is 0.481 e. The van der Waals surface area contributed by atoms with E-state index in [9.17, 15) is 14.7 Å². The van der Waals surface area contributed by atoms with Gasteiger partial charge < -0.3 is 10.0 Å². The predicted octanol–water partition coefficient (Wildman–Crippen LogP) is 3.94. The topological polar surface area (TPSA) is 57.6 Å². The van der Waals surface area contributed by atoms with Gasteiger partial charge in [-0.05, 0) is 42.8 Å². The van der Waals surface area contributed by atoms with Crippen LogP contribution in [0.2, 0.25) is 4.34 Å². The van der Waals surface area contributed by atoms with E-state index in [1.807, 2.05) is 26.8 Å². The lowest BCUT2D eigenvalue weighted by atomic mass is 9.96. The van der Waals surface area contributed by atoms with Crippen molar-refractivity contribution in [2.75, 3.05) is 0 Å². The molecule has 20 heavy (non-hydrogen) atoms. The van der Waals surface area contributed by atoms with Crippen LogP contribution in [0.1, 0.15) is 38.1 Å². The lowest BCUT2D eigenvalue weighted by molar-refractivity contribution is -0.142. The summed E-state index contributed by atoms with van der Waals surface area (Å²) >= 11 is 10.7. The number of carbonyl (C=O) groups is 2. The Morgan fingerprint density at radius 2 is 2.15 bits per heavy atom. The molecule has 1 amide bonds. The van der Waals surface area contributed by atoms with Crippen molar-refractivity contribution in [1.29, 1.82) is 0 Å². The van der Waals surface area contributed by atoms with Gasteiger partial charge in [0.2, 0.25) is 5.91 Å². The minimum absolute atomic E-state index is 0.0322. The molecule has 0 spiro atoms. The lowest BCUT2D eigenvalue weighted by Crippen LogP contribution is -2.44. The molecule has 1 fully saturated rings. The van der Waals surface area contributed by atoms with Crippen LogP contribution in [-0.2, 0) is 9.59 Å². The Morgan fingerprint density at radius 1 is 1.55 bits per heavy atom. The molecule has 0 aliphatic carbocycles. The van der Waals surface area contributed by atoms with Gasteiger partial charge >= 0.3 is 5.97 Å². The first-order valence-electron chi connectivity index (χ1n) is 6.12. The van der Waals surface area contributed by atoms with E-state index in [-0.39, 0.29) is 12.3 Å². The van der Waals surface area contributed by atoms with Gasteiger partial charge in [-0.3, -0.25) is 9.59 Å². The molecule has 2 heterocycles. The molecule has 0 aromatic carbocycles. The molecule has 1 aliphatic rings. The van der Waals surface area contributed by atoms with Crippen molar-refractivity contribution in [3.8, 4) is 0 Å². The number of nitrogens with zero attached hydrogens (tertiary/aromatic N) is 1. The number of hydrogen-bond donors (Lipinski definition) is 1. The van der Waals surface area contributed by atoms with Gasteiger partial charge in [0, 0.05) is 21.3 Å². The first kappa shape index (κ1) is 15.8. The molecule has 1 N–H and O–H groups in total. The molecule has 4 nitrogen and oxygen atoms in total. The Balaban J connectivity index is 2.51. The van der Waals surface area contributed by atoms with Crippen LogP contribution in [0.3, 0.4) is 0 Å². The van der Waals surface area contributed by atoms with E-state index in [0.717, 1.165) is 9.35 Å². The van der Waals surface area contributed by atoms with Crippen molar-refractivity contribution in [2.45, 2.75) is 38.8 Å². The summed E-state index contributed by atoms with van der Waals surface area (Å²) in [5.41, 5.74) is -0.436. The highest BCUT2D eigenvalue weighted by molar-refractivity contribution is 9.10. The summed E-state index contributed by atoms with van der Waals surface area (Å²) in [7, 11) is 0. The fourth-order valence-electron chi connectivity index (χ4n) is 2.58. The highest BCUT2D eigenvalue weighted by Gasteiger charge is 2.49. The zero-order valence-corrected chi connectivity index (χ0v) is 14.5. The molecular formula is C13H15BrClNO3S. The fraction of sp³-hybridized carbons (Fsp3) is 0.538. The van der Waals surface area contributed by atoms with E-state index in [0.29, 0.717) is 4.34 Å². The van der Waals surface area contributed by atoms with Gasteiger partial charge in [0.25, 0.3) is 0 Å². The summed E-state index contributed by atoms with van der Waals surface area (Å²) in [5, 5.41) is 9.40. The Hall–Kier alpha value is -0.590. The summed E-state index contributed by atoms with van der Waals surface area (Å²) in [6.07, 6.45) is 0.0322. The maximum absolute atomic E-state index is 12.2. The number of halogens is 2. The third-order valence-electron chi connectivity index (χ3n) is 3.32. The number of carbonyl (C=O) groups excluding carboxylic acids is 1. The Bertz CT molecular complexity index is 547. The van der Waals surface area contributed by atoms with Gasteiger partial charge in [-0.2, -0.15) is 0 Å². The standard InChI is InChI=1S/C13H15BrClNO3S/c1-13(2,3)16-9(17)4-6(12(18)19)10(16)8-5-7(14)11(15)20-8/h5-6,10H,4H2,1-3H3,(H,18,19). The van der Waals surface area contributed by atoms with E-state index < -0.39 is 23.5 Å². The molecule has 110 valence electrons. The van der Waals surface area contributed by atoms with E-state index >= 15 is 0 Å². The number of rotatable bonds is 2. The van der Waals surface area contributed by atoms with Crippen LogP contribution in [-0.4, -0.2) is 27.4 Å². The molecule has 0 saturated carbocycles. The third kappa shape index (κ3) is 2.73. The molecular weight excluding hydrogens is 366 g/mol. The van der Waals surface area contributed by atoms with Crippen molar-refractivity contribution in [2.24, 2.45) is 5.92 Å². The van der Waals surface area contributed by atoms with Crippen molar-refractivity contribution in [1.82, 2.24) is 4.90 Å². The summed E-state index contributed by atoms with van der Waals surface area (Å²) in [5.74, 6) is -1.81. The number of carboxylic acids is 1. The highest BCUT2D eigenvalue weighted by atomic mass is 79.9. The second-order valence-corrected chi connectivity index (χ2v) is 8.34. The minimum atomic E-state index is -0.948. The van der Waals surface area contributed by atoms with Gasteiger partial charge in [0.15, 0.2) is 0 Å². The molecule has 0 bridgehead atoms. The molecule has 1 aromatic rings. The minimum Gasteiger partial charge on any atom is -0.481 e. The van der Waals surface area contributed by atoms with Crippen LogP contribution in [0.5, 0.6) is 0 Å². The molecule has 2 rings (SSSR count). The van der Waals surface area contributed by atoms with Crippen LogP contribution in [0.15, 0.2) is 10.5 Å². The average Bonchev–Trinajstić information content (AvgIpc) is 2.79. The lowest BCUT2D eigenvalue weighted by Gasteiger charge is -2.37. The molecule has 2 unspecified atom stereocenters. The molecule has 1 aromatic heterocycles. The van der Waals surface area contributed by atoms with E-state index in [1.165, 1.54) is 11.3 Å². The zero-order chi connectivity index (χ0) is 15.2. The van der Waals surface area contributed by atoms with E-state index in [1.54, 1.807) is 4.90 Å². The normalized spacial score (nSPS) is 23.4. The first-order chi connectivity index (χ1) is 9.12. The Morgan fingerprint density at radius 3 is 2.55 bits per heavy atom. The monoisotopic (exact) mass is 379 g/mol. The van der Waals surface area contributed by atoms with Gasteiger partial charge in [-0.15, -0.1) is 11.3 Å². The molecule has 7 heteroatoms. The van der Waals surface area contributed by atoms with Crippen LogP contribution < -0.4 is 0 Å². The predicted molar refractivity (Wildman–Crippen MR) is 82.1 cm³/mol. The first-order valence-corrected chi connectivity index (χ1v) is 8.11.